The van der Waals surface area contributed by atoms with E-state index < -0.39 is 0 Å². The lowest BCUT2D eigenvalue weighted by Crippen LogP contribution is -2.28. The Kier molecular flexibility index (Phi) is 7.10. The highest BCUT2D eigenvalue weighted by molar-refractivity contribution is 6.30. The van der Waals surface area contributed by atoms with E-state index in [0.29, 0.717) is 11.2 Å². The van der Waals surface area contributed by atoms with Gasteiger partial charge in [-0.05, 0) is 40.3 Å². The summed E-state index contributed by atoms with van der Waals surface area (Å²) < 4.78 is 0. The molecule has 1 N–H and O–H groups in total. The van der Waals surface area contributed by atoms with Crippen molar-refractivity contribution >= 4 is 17.4 Å². The second kappa shape index (κ2) is 8.33. The molecule has 4 nitrogen and oxygen atoms in total. The van der Waals surface area contributed by atoms with Crippen LogP contribution in [0.5, 0.6) is 0 Å². The second-order valence-corrected chi connectivity index (χ2v) is 5.45. The highest BCUT2D eigenvalue weighted by atomic mass is 35.5. The van der Waals surface area contributed by atoms with Crippen molar-refractivity contribution in [3.05, 3.63) is 17.0 Å². The molecule has 19 heavy (non-hydrogen) atoms. The first-order chi connectivity index (χ1) is 9.06. The smallest absolute Gasteiger partial charge is 0.137 e. The summed E-state index contributed by atoms with van der Waals surface area (Å²) in [6, 6.07) is 0.587. The highest BCUT2D eigenvalue weighted by Gasteiger charge is 2.08. The fourth-order valence-corrected chi connectivity index (χ4v) is 2.04. The molecule has 0 amide bonds. The highest BCUT2D eigenvalue weighted by Crippen LogP contribution is 2.21. The molecule has 1 heterocycles. The lowest BCUT2D eigenvalue weighted by Gasteiger charge is -2.21. The van der Waals surface area contributed by atoms with Gasteiger partial charge >= 0.3 is 0 Å². The Morgan fingerprint density at radius 2 is 2.11 bits per heavy atom. The van der Waals surface area contributed by atoms with Gasteiger partial charge in [0.2, 0.25) is 0 Å². The van der Waals surface area contributed by atoms with Crippen LogP contribution in [0.4, 0.5) is 5.82 Å². The van der Waals surface area contributed by atoms with Crippen LogP contribution in [-0.4, -0.2) is 41.0 Å². The molecule has 0 radical (unpaired) electrons. The lowest BCUT2D eigenvalue weighted by molar-refractivity contribution is 0.273. The monoisotopic (exact) mass is 284 g/mol. The summed E-state index contributed by atoms with van der Waals surface area (Å²) in [5, 5.41) is 3.94. The molecule has 0 aliphatic rings. The van der Waals surface area contributed by atoms with E-state index in [1.807, 2.05) is 0 Å². The van der Waals surface area contributed by atoms with Gasteiger partial charge in [-0.3, -0.25) is 0 Å². The van der Waals surface area contributed by atoms with E-state index in [1.54, 1.807) is 0 Å². The average Bonchev–Trinajstić information content (AvgIpc) is 2.37. The van der Waals surface area contributed by atoms with Crippen molar-refractivity contribution < 1.29 is 0 Å². The minimum atomic E-state index is 0.568. The van der Waals surface area contributed by atoms with Gasteiger partial charge in [-0.25, -0.2) is 9.97 Å². The zero-order valence-corrected chi connectivity index (χ0v) is 13.2. The predicted octanol–water partition coefficient (Wildman–Crippen LogP) is 3.22. The largest absolute Gasteiger partial charge is 0.370 e. The molecule has 0 aromatic carbocycles. The summed E-state index contributed by atoms with van der Waals surface area (Å²) in [6.07, 6.45) is 4.55. The molecule has 1 aromatic rings. The van der Waals surface area contributed by atoms with E-state index in [0.717, 1.165) is 43.7 Å². The molecule has 0 atom stereocenters. The number of nitrogens with one attached hydrogen (secondary N) is 1. The molecule has 5 heteroatoms. The summed E-state index contributed by atoms with van der Waals surface area (Å²) in [7, 11) is 2.15. The third-order valence-electron chi connectivity index (χ3n) is 3.25. The number of aromatic nitrogens is 2. The van der Waals surface area contributed by atoms with Crippen molar-refractivity contribution in [2.24, 2.45) is 0 Å². The van der Waals surface area contributed by atoms with E-state index in [2.05, 4.69) is 48.0 Å². The van der Waals surface area contributed by atoms with Crippen LogP contribution in [0, 0.1) is 0 Å². The van der Waals surface area contributed by atoms with Crippen LogP contribution in [0.3, 0.4) is 0 Å². The predicted molar refractivity (Wildman–Crippen MR) is 81.9 cm³/mol. The fraction of sp³-hybridized carbons (Fsp3) is 0.714. The molecule has 0 bridgehead atoms. The van der Waals surface area contributed by atoms with Gasteiger partial charge in [0.25, 0.3) is 0 Å². The maximum atomic E-state index is 6.11. The lowest BCUT2D eigenvalue weighted by atomic mass is 10.2. The minimum absolute atomic E-state index is 0.568. The topological polar surface area (TPSA) is 41.1 Å². The van der Waals surface area contributed by atoms with Crippen molar-refractivity contribution in [2.75, 3.05) is 25.5 Å². The van der Waals surface area contributed by atoms with Crippen LogP contribution >= 0.6 is 11.6 Å². The van der Waals surface area contributed by atoms with Gasteiger partial charge in [0.1, 0.15) is 17.3 Å². The third kappa shape index (κ3) is 5.33. The van der Waals surface area contributed by atoms with Crippen LogP contribution in [0.1, 0.15) is 39.2 Å². The van der Waals surface area contributed by atoms with Crippen LogP contribution in [0.15, 0.2) is 6.33 Å². The van der Waals surface area contributed by atoms with Crippen LogP contribution < -0.4 is 5.32 Å². The molecule has 1 rings (SSSR count). The van der Waals surface area contributed by atoms with Crippen LogP contribution in [-0.2, 0) is 6.42 Å². The number of halogens is 1. The third-order valence-corrected chi connectivity index (χ3v) is 3.58. The summed E-state index contributed by atoms with van der Waals surface area (Å²) in [5.74, 6) is 0.883. The molecule has 1 aromatic heterocycles. The van der Waals surface area contributed by atoms with Crippen molar-refractivity contribution in [3.63, 3.8) is 0 Å². The Labute approximate surface area is 121 Å². The van der Waals surface area contributed by atoms with E-state index >= 15 is 0 Å². The summed E-state index contributed by atoms with van der Waals surface area (Å²) in [5.41, 5.74) is 1.03. The number of hydrogen-bond donors (Lipinski definition) is 1. The number of hydrogen-bond acceptors (Lipinski definition) is 4. The van der Waals surface area contributed by atoms with Crippen LogP contribution in [0.2, 0.25) is 5.15 Å². The molecule has 0 aliphatic carbocycles. The van der Waals surface area contributed by atoms with Gasteiger partial charge in [0.05, 0.1) is 0 Å². The Bertz CT molecular complexity index is 382. The van der Waals surface area contributed by atoms with Gasteiger partial charge < -0.3 is 10.2 Å². The molecule has 108 valence electrons. The van der Waals surface area contributed by atoms with Crippen molar-refractivity contribution in [3.8, 4) is 0 Å². The summed E-state index contributed by atoms with van der Waals surface area (Å²) in [4.78, 5) is 10.7. The van der Waals surface area contributed by atoms with Gasteiger partial charge in [-0.1, -0.05) is 24.9 Å². The summed E-state index contributed by atoms with van der Waals surface area (Å²) >= 11 is 6.11. The molecular formula is C14H25ClN4. The zero-order chi connectivity index (χ0) is 14.3. The number of rotatable bonds is 8. The van der Waals surface area contributed by atoms with E-state index in [9.17, 15) is 0 Å². The Morgan fingerprint density at radius 3 is 2.74 bits per heavy atom. The van der Waals surface area contributed by atoms with Crippen molar-refractivity contribution in [1.29, 1.82) is 0 Å². The first-order valence-corrected chi connectivity index (χ1v) is 7.37. The molecule has 0 fully saturated rings. The maximum Gasteiger partial charge on any atom is 0.137 e. The minimum Gasteiger partial charge on any atom is -0.370 e. The van der Waals surface area contributed by atoms with Crippen LogP contribution in [0.25, 0.3) is 0 Å². The molecule has 0 spiro atoms. The first-order valence-electron chi connectivity index (χ1n) is 6.99. The van der Waals surface area contributed by atoms with E-state index in [1.165, 1.54) is 6.33 Å². The molecular weight excluding hydrogens is 260 g/mol. The average molecular weight is 285 g/mol. The van der Waals surface area contributed by atoms with Gasteiger partial charge in [-0.15, -0.1) is 0 Å². The molecule has 0 unspecified atom stereocenters. The fourth-order valence-electron chi connectivity index (χ4n) is 1.81. The Morgan fingerprint density at radius 1 is 1.37 bits per heavy atom. The second-order valence-electron chi connectivity index (χ2n) is 5.10. The normalized spacial score (nSPS) is 11.3. The van der Waals surface area contributed by atoms with Crippen molar-refractivity contribution in [1.82, 2.24) is 14.9 Å². The van der Waals surface area contributed by atoms with Crippen molar-refractivity contribution in [2.45, 2.75) is 46.1 Å². The molecule has 0 saturated carbocycles. The van der Waals surface area contributed by atoms with E-state index in [4.69, 9.17) is 11.6 Å². The van der Waals surface area contributed by atoms with Gasteiger partial charge in [-0.2, -0.15) is 0 Å². The van der Waals surface area contributed by atoms with Gasteiger partial charge in [0, 0.05) is 18.2 Å². The molecule has 0 saturated heterocycles. The first kappa shape index (κ1) is 16.2. The van der Waals surface area contributed by atoms with Gasteiger partial charge in [0.15, 0.2) is 0 Å². The maximum absolute atomic E-state index is 6.11. The number of nitrogens with zero attached hydrogens (tertiary/aromatic N) is 3. The Hall–Kier alpha value is -0.870. The SMILES string of the molecule is CCCc1c(Cl)ncnc1NCCCN(C)C(C)C. The number of anilines is 1. The molecule has 0 aliphatic heterocycles. The quantitative estimate of drug-likeness (QED) is 0.588. The Balaban J connectivity index is 2.47. The van der Waals surface area contributed by atoms with E-state index in [-0.39, 0.29) is 0 Å². The summed E-state index contributed by atoms with van der Waals surface area (Å²) in [6.45, 7) is 8.52. The standard InChI is InChI=1S/C14H25ClN4/c1-5-7-12-13(15)17-10-18-14(12)16-8-6-9-19(4)11(2)3/h10-11H,5-9H2,1-4H3,(H,16,17,18). The zero-order valence-electron chi connectivity index (χ0n) is 12.4.